The first kappa shape index (κ1) is 14.5. The third kappa shape index (κ3) is 22.5. The molecular formula is C12H28. The number of hydrogen-bond acceptors (Lipinski definition) is 0. The molecule has 0 spiro atoms. The molecule has 0 bridgehead atoms. The van der Waals surface area contributed by atoms with E-state index >= 15 is 0 Å². The number of hydrogen-bond donors (Lipinski definition) is 0. The first-order chi connectivity index (χ1) is 5.83. The maximum absolute atomic E-state index is 2.26. The highest BCUT2D eigenvalue weighted by atomic mass is 13.9. The van der Waals surface area contributed by atoms with Gasteiger partial charge in [-0.2, -0.15) is 0 Å². The Balaban J connectivity index is 0. The molecule has 0 aromatic rings. The zero-order valence-electron chi connectivity index (χ0n) is 9.66. The summed E-state index contributed by atoms with van der Waals surface area (Å²) in [4.78, 5) is 0. The molecule has 76 valence electrons. The van der Waals surface area contributed by atoms with Gasteiger partial charge in [0.1, 0.15) is 0 Å². The third-order valence-corrected chi connectivity index (χ3v) is 1.96. The summed E-state index contributed by atoms with van der Waals surface area (Å²) in [6.07, 6.45) is 11.1. The van der Waals surface area contributed by atoms with Crippen LogP contribution in [0.4, 0.5) is 0 Å². The van der Waals surface area contributed by atoms with Crippen molar-refractivity contribution in [2.24, 2.45) is 0 Å². The van der Waals surface area contributed by atoms with Crippen LogP contribution in [0.2, 0.25) is 0 Å². The average molecular weight is 172 g/mol. The molecule has 0 atom stereocenters. The van der Waals surface area contributed by atoms with Crippen LogP contribution in [0.5, 0.6) is 0 Å². The van der Waals surface area contributed by atoms with Crippen LogP contribution in [0, 0.1) is 0 Å². The Bertz CT molecular complexity index is 40.0. The molecule has 0 aromatic carbocycles. The topological polar surface area (TPSA) is 0 Å². The van der Waals surface area contributed by atoms with Crippen molar-refractivity contribution in [3.63, 3.8) is 0 Å². The minimum Gasteiger partial charge on any atom is -0.0654 e. The second-order valence-corrected chi connectivity index (χ2v) is 3.41. The second-order valence-electron chi connectivity index (χ2n) is 3.41. The first-order valence-electron chi connectivity index (χ1n) is 5.83. The Morgan fingerprint density at radius 1 is 0.417 bits per heavy atom. The predicted octanol–water partition coefficient (Wildman–Crippen LogP) is 5.17. The average Bonchev–Trinajstić information content (AvgIpc) is 2.13. The molecule has 0 heteroatoms. The van der Waals surface area contributed by atoms with E-state index in [1.54, 1.807) is 0 Å². The van der Waals surface area contributed by atoms with Crippen LogP contribution in [-0.4, -0.2) is 0 Å². The van der Waals surface area contributed by atoms with E-state index < -0.39 is 0 Å². The lowest BCUT2D eigenvalue weighted by Gasteiger charge is -1.93. The van der Waals surface area contributed by atoms with Gasteiger partial charge in [-0.3, -0.25) is 0 Å². The largest absolute Gasteiger partial charge is 0.0654 e. The summed E-state index contributed by atoms with van der Waals surface area (Å²) >= 11 is 0. The molecule has 0 radical (unpaired) electrons. The molecule has 0 heterocycles. The maximum atomic E-state index is 2.26. The molecule has 0 N–H and O–H groups in total. The van der Waals surface area contributed by atoms with Gasteiger partial charge in [-0.25, -0.2) is 0 Å². The highest BCUT2D eigenvalue weighted by Gasteiger charge is 1.83. The van der Waals surface area contributed by atoms with Crippen LogP contribution >= 0.6 is 0 Å². The van der Waals surface area contributed by atoms with Gasteiger partial charge in [-0.1, -0.05) is 79.1 Å². The summed E-state index contributed by atoms with van der Waals surface area (Å²) in [5, 5.41) is 0. The van der Waals surface area contributed by atoms with Crippen molar-refractivity contribution in [1.29, 1.82) is 0 Å². The quantitative estimate of drug-likeness (QED) is 0.485. The van der Waals surface area contributed by atoms with Crippen molar-refractivity contribution in [3.8, 4) is 0 Å². The van der Waals surface area contributed by atoms with E-state index in [0.717, 1.165) is 0 Å². The van der Waals surface area contributed by atoms with Gasteiger partial charge < -0.3 is 0 Å². The van der Waals surface area contributed by atoms with E-state index in [1.165, 1.54) is 51.4 Å². The Kier molecular flexibility index (Phi) is 20.8. The monoisotopic (exact) mass is 172 g/mol. The molecule has 0 aliphatic heterocycles. The normalized spacial score (nSPS) is 9.00. The molecule has 0 amide bonds. The highest BCUT2D eigenvalue weighted by Crippen LogP contribution is 2.03. The second kappa shape index (κ2) is 17.2. The standard InChI is InChI=1S/C8H18.C4H10/c1-3-5-7-8-6-4-2;1-3-4-2/h3-8H2,1-2H3;3-4H2,1-2H3. The van der Waals surface area contributed by atoms with E-state index in [0.29, 0.717) is 0 Å². The van der Waals surface area contributed by atoms with Gasteiger partial charge in [0.05, 0.1) is 0 Å². The van der Waals surface area contributed by atoms with E-state index in [2.05, 4.69) is 27.7 Å². The van der Waals surface area contributed by atoms with E-state index in [-0.39, 0.29) is 0 Å². The third-order valence-electron chi connectivity index (χ3n) is 1.96. The highest BCUT2D eigenvalue weighted by molar-refractivity contribution is 4.39. The lowest BCUT2D eigenvalue weighted by Crippen LogP contribution is -1.73. The van der Waals surface area contributed by atoms with E-state index in [4.69, 9.17) is 0 Å². The summed E-state index contributed by atoms with van der Waals surface area (Å²) in [5.74, 6) is 0. The molecule has 0 rings (SSSR count). The van der Waals surface area contributed by atoms with Crippen molar-refractivity contribution in [2.45, 2.75) is 79.1 Å². The summed E-state index contributed by atoms with van der Waals surface area (Å²) in [6.45, 7) is 8.87. The fourth-order valence-electron chi connectivity index (χ4n) is 0.854. The lowest BCUT2D eigenvalue weighted by molar-refractivity contribution is 0.624. The summed E-state index contributed by atoms with van der Waals surface area (Å²) in [7, 11) is 0. The van der Waals surface area contributed by atoms with Crippen LogP contribution in [-0.2, 0) is 0 Å². The Labute approximate surface area is 79.8 Å². The van der Waals surface area contributed by atoms with Crippen molar-refractivity contribution >= 4 is 0 Å². The molecule has 12 heavy (non-hydrogen) atoms. The van der Waals surface area contributed by atoms with Crippen molar-refractivity contribution < 1.29 is 0 Å². The SMILES string of the molecule is CCCC.CCCCCCCC. The first-order valence-corrected chi connectivity index (χ1v) is 5.83. The van der Waals surface area contributed by atoms with Gasteiger partial charge in [0.15, 0.2) is 0 Å². The van der Waals surface area contributed by atoms with Crippen molar-refractivity contribution in [2.75, 3.05) is 0 Å². The number of unbranched alkanes of at least 4 members (excludes halogenated alkanes) is 6. The molecule has 0 saturated heterocycles. The Morgan fingerprint density at radius 3 is 0.917 bits per heavy atom. The predicted molar refractivity (Wildman–Crippen MR) is 59.6 cm³/mol. The van der Waals surface area contributed by atoms with Crippen LogP contribution in [0.3, 0.4) is 0 Å². The molecule has 0 saturated carbocycles. The summed E-state index contributed by atoms with van der Waals surface area (Å²) in [5.41, 5.74) is 0. The molecule has 0 nitrogen and oxygen atoms in total. The zero-order valence-corrected chi connectivity index (χ0v) is 9.66. The zero-order chi connectivity index (χ0) is 9.66. The lowest BCUT2D eigenvalue weighted by atomic mass is 10.1. The van der Waals surface area contributed by atoms with Gasteiger partial charge in [-0.15, -0.1) is 0 Å². The molecule has 0 fully saturated rings. The van der Waals surface area contributed by atoms with Gasteiger partial charge in [0.2, 0.25) is 0 Å². The Hall–Kier alpha value is 0. The molecule has 0 aliphatic carbocycles. The van der Waals surface area contributed by atoms with E-state index in [9.17, 15) is 0 Å². The van der Waals surface area contributed by atoms with Crippen LogP contribution < -0.4 is 0 Å². The van der Waals surface area contributed by atoms with E-state index in [1.807, 2.05) is 0 Å². The molecular weight excluding hydrogens is 144 g/mol. The van der Waals surface area contributed by atoms with Gasteiger partial charge in [-0.05, 0) is 0 Å². The fourth-order valence-corrected chi connectivity index (χ4v) is 0.854. The van der Waals surface area contributed by atoms with Crippen LogP contribution in [0.25, 0.3) is 0 Å². The number of rotatable bonds is 6. The van der Waals surface area contributed by atoms with Gasteiger partial charge in [0.25, 0.3) is 0 Å². The van der Waals surface area contributed by atoms with Crippen molar-refractivity contribution in [3.05, 3.63) is 0 Å². The maximum Gasteiger partial charge on any atom is -0.0533 e. The summed E-state index contributed by atoms with van der Waals surface area (Å²) < 4.78 is 0. The van der Waals surface area contributed by atoms with Crippen LogP contribution in [0.1, 0.15) is 79.1 Å². The van der Waals surface area contributed by atoms with Gasteiger partial charge >= 0.3 is 0 Å². The smallest absolute Gasteiger partial charge is 0.0533 e. The molecule has 0 aliphatic rings. The molecule has 0 unspecified atom stereocenters. The minimum absolute atomic E-state index is 1.32. The van der Waals surface area contributed by atoms with Crippen molar-refractivity contribution in [1.82, 2.24) is 0 Å². The van der Waals surface area contributed by atoms with Gasteiger partial charge in [0, 0.05) is 0 Å². The fraction of sp³-hybridized carbons (Fsp3) is 1.00. The Morgan fingerprint density at radius 2 is 0.750 bits per heavy atom. The van der Waals surface area contributed by atoms with Crippen LogP contribution in [0.15, 0.2) is 0 Å². The minimum atomic E-state index is 1.32. The molecule has 0 aromatic heterocycles. The summed E-state index contributed by atoms with van der Waals surface area (Å²) in [6, 6.07) is 0.